The maximum Gasteiger partial charge on any atom is 0.573 e. The monoisotopic (exact) mass is 494 g/mol. The summed E-state index contributed by atoms with van der Waals surface area (Å²) in [6.07, 6.45) is -5.20. The lowest BCUT2D eigenvalue weighted by atomic mass is 10.0. The van der Waals surface area contributed by atoms with Gasteiger partial charge in [0.15, 0.2) is 5.58 Å². The van der Waals surface area contributed by atoms with Crippen molar-refractivity contribution in [3.63, 3.8) is 0 Å². The highest BCUT2D eigenvalue weighted by Crippen LogP contribution is 2.32. The summed E-state index contributed by atoms with van der Waals surface area (Å²) < 4.78 is 63.4. The quantitative estimate of drug-likeness (QED) is 0.469. The molecule has 1 aliphatic heterocycles. The minimum Gasteiger partial charge on any atom is -0.473 e. The third-order valence-electron chi connectivity index (χ3n) is 5.13. The largest absolute Gasteiger partial charge is 0.573 e. The summed E-state index contributed by atoms with van der Waals surface area (Å²) in [5, 5.41) is 4.56. The first-order valence-corrected chi connectivity index (χ1v) is 10.9. The molecule has 0 aliphatic carbocycles. The van der Waals surface area contributed by atoms with E-state index in [1.54, 1.807) is 43.9 Å². The van der Waals surface area contributed by atoms with Crippen LogP contribution >= 0.6 is 0 Å². The lowest BCUT2D eigenvalue weighted by molar-refractivity contribution is -0.274. The Morgan fingerprint density at radius 1 is 1.11 bits per heavy atom. The third kappa shape index (κ3) is 6.36. The molecule has 0 radical (unpaired) electrons. The number of ether oxygens (including phenoxy) is 4. The van der Waals surface area contributed by atoms with Crippen LogP contribution in [0.1, 0.15) is 20.8 Å². The zero-order valence-electron chi connectivity index (χ0n) is 19.4. The van der Waals surface area contributed by atoms with E-state index in [9.17, 15) is 18.0 Å². The maximum absolute atomic E-state index is 12.6. The van der Waals surface area contributed by atoms with Crippen LogP contribution in [0.4, 0.5) is 18.0 Å². The number of hydrogen-bond donors (Lipinski definition) is 0. The Bertz CT molecular complexity index is 1170. The first-order chi connectivity index (χ1) is 16.5. The second-order valence-corrected chi connectivity index (χ2v) is 8.98. The number of fused-ring (bicyclic) bond motifs is 1. The fraction of sp³-hybridized carbons (Fsp3) is 0.417. The van der Waals surface area contributed by atoms with Crippen LogP contribution in [0.25, 0.3) is 22.1 Å². The molecule has 1 saturated heterocycles. The SMILES string of the molecule is CC(C)(C)OC(=O)N1CCOC[C@H]1COc1noc2ccc(-c3ccc(OC(F)(F)F)cc3)cc12. The van der Waals surface area contributed by atoms with E-state index in [0.717, 1.165) is 5.56 Å². The number of alkyl halides is 3. The topological polar surface area (TPSA) is 83.3 Å². The van der Waals surface area contributed by atoms with Crippen LogP contribution in [-0.2, 0) is 9.47 Å². The predicted molar refractivity (Wildman–Crippen MR) is 119 cm³/mol. The summed E-state index contributed by atoms with van der Waals surface area (Å²) >= 11 is 0. The van der Waals surface area contributed by atoms with E-state index < -0.39 is 18.1 Å². The molecule has 11 heteroatoms. The van der Waals surface area contributed by atoms with Gasteiger partial charge in [0.2, 0.25) is 0 Å². The molecule has 188 valence electrons. The van der Waals surface area contributed by atoms with Crippen LogP contribution < -0.4 is 9.47 Å². The number of halogens is 3. The smallest absolute Gasteiger partial charge is 0.473 e. The van der Waals surface area contributed by atoms with Crippen LogP contribution in [-0.4, -0.2) is 60.5 Å². The van der Waals surface area contributed by atoms with E-state index >= 15 is 0 Å². The Balaban J connectivity index is 1.48. The minimum absolute atomic E-state index is 0.106. The number of aromatic nitrogens is 1. The van der Waals surface area contributed by atoms with Crippen molar-refractivity contribution in [2.24, 2.45) is 0 Å². The molecular formula is C24H25F3N2O6. The lowest BCUT2D eigenvalue weighted by Gasteiger charge is -2.36. The number of carbonyl (C=O) groups is 1. The van der Waals surface area contributed by atoms with E-state index in [2.05, 4.69) is 9.89 Å². The van der Waals surface area contributed by atoms with Crippen molar-refractivity contribution in [3.05, 3.63) is 42.5 Å². The second-order valence-electron chi connectivity index (χ2n) is 8.98. The van der Waals surface area contributed by atoms with Gasteiger partial charge >= 0.3 is 12.5 Å². The van der Waals surface area contributed by atoms with Crippen LogP contribution in [0.2, 0.25) is 0 Å². The second kappa shape index (κ2) is 9.65. The fourth-order valence-electron chi connectivity index (χ4n) is 3.58. The zero-order chi connectivity index (χ0) is 25.2. The molecule has 3 aromatic rings. The molecule has 35 heavy (non-hydrogen) atoms. The Kier molecular flexibility index (Phi) is 6.79. The van der Waals surface area contributed by atoms with Crippen LogP contribution in [0, 0.1) is 0 Å². The number of morpholine rings is 1. The predicted octanol–water partition coefficient (Wildman–Crippen LogP) is 5.41. The molecule has 0 N–H and O–H groups in total. The maximum atomic E-state index is 12.6. The van der Waals surface area contributed by atoms with Gasteiger partial charge in [-0.15, -0.1) is 13.2 Å². The Morgan fingerprint density at radius 3 is 2.51 bits per heavy atom. The van der Waals surface area contributed by atoms with Crippen LogP contribution in [0.3, 0.4) is 0 Å². The lowest BCUT2D eigenvalue weighted by Crippen LogP contribution is -2.52. The van der Waals surface area contributed by atoms with Crippen LogP contribution in [0.15, 0.2) is 47.0 Å². The van der Waals surface area contributed by atoms with E-state index in [1.165, 1.54) is 24.3 Å². The molecule has 1 aromatic heterocycles. The highest BCUT2D eigenvalue weighted by molar-refractivity contribution is 5.87. The summed E-state index contributed by atoms with van der Waals surface area (Å²) in [6, 6.07) is 10.4. The van der Waals surface area contributed by atoms with Crippen molar-refractivity contribution in [3.8, 4) is 22.8 Å². The standard InChI is InChI=1S/C24H25F3N2O6/c1-23(2,3)34-22(30)29-10-11-31-13-17(29)14-32-21-19-12-16(6-9-20(19)35-28-21)15-4-7-18(8-5-15)33-24(25,26)27/h4-9,12,17H,10-11,13-14H2,1-3H3/t17-/m0/s1. The molecule has 4 rings (SSSR count). The summed E-state index contributed by atoms with van der Waals surface area (Å²) in [4.78, 5) is 14.2. The molecule has 1 atom stereocenters. The van der Waals surface area contributed by atoms with E-state index in [1.807, 2.05) is 0 Å². The van der Waals surface area contributed by atoms with E-state index in [-0.39, 0.29) is 30.9 Å². The van der Waals surface area contributed by atoms with Gasteiger partial charge in [0, 0.05) is 6.54 Å². The molecule has 0 unspecified atom stereocenters. The van der Waals surface area contributed by atoms with Crippen molar-refractivity contribution >= 4 is 17.1 Å². The molecule has 0 spiro atoms. The molecule has 2 heterocycles. The molecule has 1 fully saturated rings. The molecule has 2 aromatic carbocycles. The van der Waals surface area contributed by atoms with Gasteiger partial charge in [0.25, 0.3) is 5.88 Å². The van der Waals surface area contributed by atoms with Gasteiger partial charge in [-0.2, -0.15) is 0 Å². The number of benzene rings is 2. The molecule has 0 saturated carbocycles. The summed E-state index contributed by atoms with van der Waals surface area (Å²) in [7, 11) is 0. The number of hydrogen-bond acceptors (Lipinski definition) is 7. The molecule has 1 amide bonds. The number of carbonyl (C=O) groups excluding carboxylic acids is 1. The van der Waals surface area contributed by atoms with Gasteiger partial charge in [0.1, 0.15) is 18.0 Å². The van der Waals surface area contributed by atoms with Crippen molar-refractivity contribution in [1.82, 2.24) is 10.1 Å². The third-order valence-corrected chi connectivity index (χ3v) is 5.13. The van der Waals surface area contributed by atoms with Gasteiger partial charge < -0.3 is 23.5 Å². The highest BCUT2D eigenvalue weighted by atomic mass is 19.4. The van der Waals surface area contributed by atoms with E-state index in [4.69, 9.17) is 18.7 Å². The minimum atomic E-state index is -4.75. The summed E-state index contributed by atoms with van der Waals surface area (Å²) in [6.45, 7) is 6.56. The van der Waals surface area contributed by atoms with Crippen LogP contribution in [0.5, 0.6) is 11.6 Å². The first-order valence-electron chi connectivity index (χ1n) is 10.9. The molecule has 8 nitrogen and oxygen atoms in total. The van der Waals surface area contributed by atoms with Crippen molar-refractivity contribution < 1.29 is 41.4 Å². The van der Waals surface area contributed by atoms with Gasteiger partial charge in [-0.05, 0) is 61.3 Å². The van der Waals surface area contributed by atoms with Crippen molar-refractivity contribution in [2.75, 3.05) is 26.4 Å². The van der Waals surface area contributed by atoms with Gasteiger partial charge in [0.05, 0.1) is 24.6 Å². The average Bonchev–Trinajstić information content (AvgIpc) is 3.18. The molecule has 0 bridgehead atoms. The van der Waals surface area contributed by atoms with Gasteiger partial charge in [-0.1, -0.05) is 18.2 Å². The molecular weight excluding hydrogens is 469 g/mol. The van der Waals surface area contributed by atoms with E-state index in [0.29, 0.717) is 29.7 Å². The fourth-order valence-corrected chi connectivity index (χ4v) is 3.58. The van der Waals surface area contributed by atoms with Gasteiger partial charge in [-0.25, -0.2) is 4.79 Å². The zero-order valence-corrected chi connectivity index (χ0v) is 19.4. The highest BCUT2D eigenvalue weighted by Gasteiger charge is 2.32. The summed E-state index contributed by atoms with van der Waals surface area (Å²) in [5.41, 5.74) is 1.24. The Labute approximate surface area is 199 Å². The van der Waals surface area contributed by atoms with Gasteiger partial charge in [-0.3, -0.25) is 4.90 Å². The first kappa shape index (κ1) is 24.6. The number of rotatable bonds is 5. The molecule has 1 aliphatic rings. The Hall–Kier alpha value is -3.47. The summed E-state index contributed by atoms with van der Waals surface area (Å²) in [5.74, 6) is -0.0749. The number of amides is 1. The average molecular weight is 494 g/mol. The Morgan fingerprint density at radius 2 is 1.83 bits per heavy atom. The normalized spacial score (nSPS) is 16.9. The van der Waals surface area contributed by atoms with Crippen molar-refractivity contribution in [2.45, 2.75) is 38.8 Å². The number of nitrogens with zero attached hydrogens (tertiary/aromatic N) is 2. The van der Waals surface area contributed by atoms with Crippen molar-refractivity contribution in [1.29, 1.82) is 0 Å².